The molecule has 0 aromatic heterocycles. The van der Waals surface area contributed by atoms with Crippen LogP contribution in [0, 0.1) is 5.92 Å². The maximum absolute atomic E-state index is 13.8. The van der Waals surface area contributed by atoms with Crippen molar-refractivity contribution in [2.24, 2.45) is 5.92 Å². The summed E-state index contributed by atoms with van der Waals surface area (Å²) in [7, 11) is 3.04. The van der Waals surface area contributed by atoms with Gasteiger partial charge < -0.3 is 24.4 Å². The van der Waals surface area contributed by atoms with E-state index in [-0.39, 0.29) is 18.6 Å². The average molecular weight is 514 g/mol. The zero-order chi connectivity index (χ0) is 25.4. The first-order valence-electron chi connectivity index (χ1n) is 12.0. The summed E-state index contributed by atoms with van der Waals surface area (Å²) in [5, 5.41) is 3.32. The molecule has 0 bridgehead atoms. The van der Waals surface area contributed by atoms with Crippen LogP contribution >= 0.6 is 11.6 Å². The number of nitrogens with one attached hydrogen (secondary N) is 1. The van der Waals surface area contributed by atoms with E-state index in [4.69, 9.17) is 25.8 Å². The van der Waals surface area contributed by atoms with Crippen molar-refractivity contribution in [2.75, 3.05) is 31.0 Å². The Morgan fingerprint density at radius 1 is 1.08 bits per heavy atom. The van der Waals surface area contributed by atoms with Gasteiger partial charge in [0.05, 0.1) is 37.7 Å². The van der Waals surface area contributed by atoms with Gasteiger partial charge in [-0.15, -0.1) is 0 Å². The van der Waals surface area contributed by atoms with Crippen molar-refractivity contribution in [3.63, 3.8) is 0 Å². The van der Waals surface area contributed by atoms with Crippen molar-refractivity contribution in [1.29, 1.82) is 0 Å². The number of halogens is 1. The number of urea groups is 1. The summed E-state index contributed by atoms with van der Waals surface area (Å²) in [6.07, 6.45) is 2.76. The number of nitrogens with zero attached hydrogens (tertiary/aromatic N) is 2. The fourth-order valence-electron chi connectivity index (χ4n) is 5.50. The molecular formula is C26H28ClN3O6. The second-order valence-corrected chi connectivity index (χ2v) is 9.65. The highest BCUT2D eigenvalue weighted by molar-refractivity contribution is 6.30. The molecule has 0 spiro atoms. The number of rotatable bonds is 6. The summed E-state index contributed by atoms with van der Waals surface area (Å²) in [5.41, 5.74) is 0.835. The number of anilines is 2. The lowest BCUT2D eigenvalue weighted by atomic mass is 9.81. The van der Waals surface area contributed by atoms with Crippen LogP contribution in [0.5, 0.6) is 11.5 Å². The van der Waals surface area contributed by atoms with Crippen LogP contribution in [-0.4, -0.2) is 61.8 Å². The van der Waals surface area contributed by atoms with Crippen LogP contribution in [0.1, 0.15) is 25.7 Å². The lowest BCUT2D eigenvalue weighted by molar-refractivity contribution is -0.133. The third-order valence-corrected chi connectivity index (χ3v) is 7.42. The predicted octanol–water partition coefficient (Wildman–Crippen LogP) is 4.09. The normalized spacial score (nSPS) is 25.3. The minimum atomic E-state index is -0.824. The van der Waals surface area contributed by atoms with Gasteiger partial charge in [0, 0.05) is 17.0 Å². The molecule has 1 saturated carbocycles. The van der Waals surface area contributed by atoms with Crippen molar-refractivity contribution in [1.82, 2.24) is 4.90 Å². The molecule has 1 N–H and O–H groups in total. The van der Waals surface area contributed by atoms with Crippen molar-refractivity contribution in [2.45, 2.75) is 43.9 Å². The Bertz CT molecular complexity index is 1170. The van der Waals surface area contributed by atoms with E-state index in [1.165, 1.54) is 12.0 Å². The molecular weight excluding hydrogens is 486 g/mol. The van der Waals surface area contributed by atoms with Crippen molar-refractivity contribution in [3.05, 3.63) is 47.5 Å². The number of ether oxygens (including phenoxy) is 3. The van der Waals surface area contributed by atoms with Gasteiger partial charge in [0.1, 0.15) is 18.0 Å². The number of hydrogen-bond donors (Lipinski definition) is 1. The highest BCUT2D eigenvalue weighted by Crippen LogP contribution is 2.43. The zero-order valence-corrected chi connectivity index (χ0v) is 20.9. The largest absolute Gasteiger partial charge is 0.497 e. The van der Waals surface area contributed by atoms with Crippen LogP contribution in [0.3, 0.4) is 0 Å². The summed E-state index contributed by atoms with van der Waals surface area (Å²) in [5.74, 6) is 0.209. The molecule has 4 unspecified atom stereocenters. The molecule has 3 fully saturated rings. The molecule has 2 heterocycles. The summed E-state index contributed by atoms with van der Waals surface area (Å²) < 4.78 is 16.8. The third-order valence-electron chi connectivity index (χ3n) is 7.17. The fourth-order valence-corrected chi connectivity index (χ4v) is 5.63. The lowest BCUT2D eigenvalue weighted by Crippen LogP contribution is -2.65. The number of imide groups is 1. The highest BCUT2D eigenvalue weighted by atomic mass is 35.5. The molecule has 0 radical (unpaired) electrons. The SMILES string of the molecule is COc1ccc(NC(=O)CN2C(=O)N(c3ccc(Cl)cc3)C(=O)C3OC4CCCCC4C32)c(OC)c1. The van der Waals surface area contributed by atoms with E-state index in [9.17, 15) is 14.4 Å². The van der Waals surface area contributed by atoms with Crippen LogP contribution in [0.15, 0.2) is 42.5 Å². The van der Waals surface area contributed by atoms with Gasteiger partial charge in [-0.3, -0.25) is 9.59 Å². The van der Waals surface area contributed by atoms with E-state index in [2.05, 4.69) is 5.32 Å². The fraction of sp³-hybridized carbons (Fsp3) is 0.423. The summed E-state index contributed by atoms with van der Waals surface area (Å²) in [6, 6.07) is 10.5. The number of amides is 4. The minimum absolute atomic E-state index is 0.00680. The third kappa shape index (κ3) is 4.37. The number of hydrogen-bond acceptors (Lipinski definition) is 6. The van der Waals surface area contributed by atoms with Crippen LogP contribution in [0.2, 0.25) is 5.02 Å². The molecule has 10 heteroatoms. The molecule has 2 aromatic rings. The molecule has 36 heavy (non-hydrogen) atoms. The van der Waals surface area contributed by atoms with Gasteiger partial charge in [0.25, 0.3) is 5.91 Å². The summed E-state index contributed by atoms with van der Waals surface area (Å²) >= 11 is 6.02. The van der Waals surface area contributed by atoms with Crippen molar-refractivity contribution < 1.29 is 28.6 Å². The molecule has 4 atom stereocenters. The first kappa shape index (κ1) is 24.4. The Hall–Kier alpha value is -3.30. The Kier molecular flexibility index (Phi) is 6.77. The maximum Gasteiger partial charge on any atom is 0.332 e. The monoisotopic (exact) mass is 513 g/mol. The van der Waals surface area contributed by atoms with Crippen molar-refractivity contribution >= 4 is 40.8 Å². The molecule has 4 amide bonds. The molecule has 1 aliphatic carbocycles. The van der Waals surface area contributed by atoms with Gasteiger partial charge in [-0.2, -0.15) is 0 Å². The smallest absolute Gasteiger partial charge is 0.332 e. The van der Waals surface area contributed by atoms with E-state index in [0.717, 1.165) is 30.6 Å². The van der Waals surface area contributed by atoms with Gasteiger partial charge in [-0.05, 0) is 49.2 Å². The molecule has 2 aromatic carbocycles. The molecule has 2 aliphatic heterocycles. The standard InChI is InChI=1S/C26H28ClN3O6/c1-34-17-11-12-19(21(13-17)35-2)28-22(31)14-29-23-18-5-3-4-6-20(18)36-24(23)25(32)30(26(29)33)16-9-7-15(27)8-10-16/h7-13,18,20,23-24H,3-6,14H2,1-2H3,(H,28,31). The van der Waals surface area contributed by atoms with E-state index in [0.29, 0.717) is 27.9 Å². The van der Waals surface area contributed by atoms with Gasteiger partial charge in [0.15, 0.2) is 6.10 Å². The van der Waals surface area contributed by atoms with Crippen LogP contribution in [0.4, 0.5) is 16.2 Å². The van der Waals surface area contributed by atoms with Gasteiger partial charge in [0.2, 0.25) is 5.91 Å². The quantitative estimate of drug-likeness (QED) is 0.625. The topological polar surface area (TPSA) is 97.4 Å². The first-order chi connectivity index (χ1) is 17.4. The number of benzene rings is 2. The van der Waals surface area contributed by atoms with Crippen LogP contribution in [0.25, 0.3) is 0 Å². The van der Waals surface area contributed by atoms with E-state index in [1.807, 2.05) is 0 Å². The molecule has 2 saturated heterocycles. The van der Waals surface area contributed by atoms with Gasteiger partial charge in [-0.25, -0.2) is 9.69 Å². The van der Waals surface area contributed by atoms with Gasteiger partial charge in [-0.1, -0.05) is 24.4 Å². The number of carbonyl (C=O) groups excluding carboxylic acids is 3. The zero-order valence-electron chi connectivity index (χ0n) is 20.1. The van der Waals surface area contributed by atoms with E-state index in [1.54, 1.807) is 49.6 Å². The van der Waals surface area contributed by atoms with E-state index < -0.39 is 30.0 Å². The summed E-state index contributed by atoms with van der Waals surface area (Å²) in [4.78, 5) is 43.1. The Morgan fingerprint density at radius 2 is 1.83 bits per heavy atom. The predicted molar refractivity (Wildman–Crippen MR) is 134 cm³/mol. The minimum Gasteiger partial charge on any atom is -0.497 e. The number of methoxy groups -OCH3 is 2. The average Bonchev–Trinajstić information content (AvgIpc) is 3.28. The molecule has 5 rings (SSSR count). The van der Waals surface area contributed by atoms with Crippen molar-refractivity contribution in [3.8, 4) is 11.5 Å². The second kappa shape index (κ2) is 9.99. The van der Waals surface area contributed by atoms with Gasteiger partial charge >= 0.3 is 6.03 Å². The van der Waals surface area contributed by atoms with Crippen LogP contribution in [-0.2, 0) is 14.3 Å². The summed E-state index contributed by atoms with van der Waals surface area (Å²) in [6.45, 7) is -0.237. The first-order valence-corrected chi connectivity index (χ1v) is 12.4. The molecule has 190 valence electrons. The second-order valence-electron chi connectivity index (χ2n) is 9.21. The number of carbonyl (C=O) groups is 3. The Labute approximate surface area is 214 Å². The van der Waals surface area contributed by atoms with Crippen LogP contribution < -0.4 is 19.7 Å². The number of fused-ring (bicyclic) bond motifs is 3. The Morgan fingerprint density at radius 3 is 2.56 bits per heavy atom. The lowest BCUT2D eigenvalue weighted by Gasteiger charge is -2.42. The molecule has 3 aliphatic rings. The molecule has 9 nitrogen and oxygen atoms in total. The van der Waals surface area contributed by atoms with E-state index >= 15 is 0 Å². The Balaban J connectivity index is 1.44. The maximum atomic E-state index is 13.8. The highest BCUT2D eigenvalue weighted by Gasteiger charge is 2.58.